The van der Waals surface area contributed by atoms with Crippen LogP contribution in [0.25, 0.3) is 0 Å². The second-order valence-electron chi connectivity index (χ2n) is 11.4. The molecule has 220 valence electrons. The second-order valence-corrected chi connectivity index (χ2v) is 13.4. The quantitative estimate of drug-likeness (QED) is 0.477. The lowest BCUT2D eigenvalue weighted by Gasteiger charge is -2.44. The Morgan fingerprint density at radius 3 is 2.15 bits per heavy atom. The van der Waals surface area contributed by atoms with Crippen LogP contribution in [0.15, 0.2) is 18.2 Å². The van der Waals surface area contributed by atoms with Crippen molar-refractivity contribution >= 4 is 15.9 Å². The Bertz CT molecular complexity index is 1080. The predicted octanol–water partition coefficient (Wildman–Crippen LogP) is 4.67. The van der Waals surface area contributed by atoms with Gasteiger partial charge in [0, 0.05) is 31.7 Å². The molecule has 3 aliphatic rings. The van der Waals surface area contributed by atoms with Gasteiger partial charge in [0.1, 0.15) is 11.6 Å². The molecule has 12 heteroatoms. The van der Waals surface area contributed by atoms with Crippen LogP contribution in [0.2, 0.25) is 0 Å². The molecule has 1 aromatic carbocycles. The second kappa shape index (κ2) is 12.4. The van der Waals surface area contributed by atoms with Crippen LogP contribution < -0.4 is 5.32 Å². The summed E-state index contributed by atoms with van der Waals surface area (Å²) in [6.07, 6.45) is 0.658. The van der Waals surface area contributed by atoms with Gasteiger partial charge in [0.25, 0.3) is 0 Å². The molecule has 0 bridgehead atoms. The molecule has 0 radical (unpaired) electrons. The van der Waals surface area contributed by atoms with Crippen molar-refractivity contribution in [3.8, 4) is 0 Å². The highest BCUT2D eigenvalue weighted by Crippen LogP contribution is 2.41. The van der Waals surface area contributed by atoms with Gasteiger partial charge in [-0.05, 0) is 106 Å². The van der Waals surface area contributed by atoms with Crippen molar-refractivity contribution in [3.63, 3.8) is 0 Å². The van der Waals surface area contributed by atoms with Gasteiger partial charge in [-0.1, -0.05) is 0 Å². The number of piperidine rings is 3. The smallest absolute Gasteiger partial charge is 0.332 e. The first-order chi connectivity index (χ1) is 18.3. The number of hydrogen-bond acceptors (Lipinski definition) is 4. The fourth-order valence-electron chi connectivity index (χ4n) is 6.98. The zero-order chi connectivity index (χ0) is 28.4. The zero-order valence-electron chi connectivity index (χ0n) is 22.2. The molecule has 1 amide bonds. The molecule has 0 saturated carbocycles. The summed E-state index contributed by atoms with van der Waals surface area (Å²) in [7, 11) is -3.37. The van der Waals surface area contributed by atoms with Crippen LogP contribution in [0.3, 0.4) is 0 Å². The van der Waals surface area contributed by atoms with Gasteiger partial charge < -0.3 is 10.2 Å². The largest absolute Gasteiger partial charge is 0.471 e. The molecule has 3 aliphatic heterocycles. The topological polar surface area (TPSA) is 69.7 Å². The van der Waals surface area contributed by atoms with E-state index in [0.717, 1.165) is 43.2 Å². The van der Waals surface area contributed by atoms with Crippen LogP contribution >= 0.6 is 0 Å². The molecule has 6 nitrogen and oxygen atoms in total. The first-order valence-electron chi connectivity index (χ1n) is 13.8. The lowest BCUT2D eigenvalue weighted by molar-refractivity contribution is -0.190. The number of rotatable bonds is 7. The summed E-state index contributed by atoms with van der Waals surface area (Å²) in [5, 5.41) is 3.31. The van der Waals surface area contributed by atoms with Gasteiger partial charge in [-0.2, -0.15) is 13.2 Å². The molecule has 0 aliphatic carbocycles. The molecule has 3 saturated heterocycles. The molecular weight excluding hydrogens is 541 g/mol. The van der Waals surface area contributed by atoms with Crippen molar-refractivity contribution in [2.45, 2.75) is 69.5 Å². The maximum atomic E-state index is 14.2. The summed E-state index contributed by atoms with van der Waals surface area (Å²) in [6.45, 7) is 2.34. The predicted molar refractivity (Wildman–Crippen MR) is 137 cm³/mol. The lowest BCUT2D eigenvalue weighted by Crippen LogP contribution is -2.52. The molecule has 3 heterocycles. The highest BCUT2D eigenvalue weighted by atomic mass is 32.2. The average Bonchev–Trinajstić information content (AvgIpc) is 2.87. The van der Waals surface area contributed by atoms with E-state index in [1.165, 1.54) is 16.4 Å². The van der Waals surface area contributed by atoms with Gasteiger partial charge in [-0.15, -0.1) is 0 Å². The van der Waals surface area contributed by atoms with Gasteiger partial charge in [0.2, 0.25) is 10.0 Å². The standard InChI is InChI=1S/C27H38F5N3O3S/c1-39(37,38)34-11-6-19(7-12-34)25(21-14-22(28)17-23(29)15-21)3-2-24-16-20(18-4-9-33-10-5-18)8-13-35(24)26(36)27(30,31)32/h14-15,17-20,24-25,33H,2-13,16H2,1H3/t20?,24-,25-/m1/s1. The van der Waals surface area contributed by atoms with Crippen molar-refractivity contribution < 1.29 is 35.2 Å². The number of likely N-dealkylation sites (tertiary alicyclic amines) is 1. The van der Waals surface area contributed by atoms with E-state index in [4.69, 9.17) is 0 Å². The monoisotopic (exact) mass is 579 g/mol. The third-order valence-corrected chi connectivity index (χ3v) is 10.3. The summed E-state index contributed by atoms with van der Waals surface area (Å²) >= 11 is 0. The summed E-state index contributed by atoms with van der Waals surface area (Å²) in [4.78, 5) is 13.3. The summed E-state index contributed by atoms with van der Waals surface area (Å²) < 4.78 is 94.3. The van der Waals surface area contributed by atoms with Gasteiger partial charge in [-0.25, -0.2) is 21.5 Å². The molecule has 1 aromatic rings. The van der Waals surface area contributed by atoms with E-state index < -0.39 is 39.8 Å². The normalized spacial score (nSPS) is 25.5. The van der Waals surface area contributed by atoms with Crippen molar-refractivity contribution in [2.24, 2.45) is 17.8 Å². The Morgan fingerprint density at radius 1 is 0.974 bits per heavy atom. The molecule has 1 N–H and O–H groups in total. The number of halogens is 5. The van der Waals surface area contributed by atoms with Gasteiger partial charge in [0.15, 0.2) is 0 Å². The van der Waals surface area contributed by atoms with E-state index >= 15 is 0 Å². The molecular formula is C27H38F5N3O3S. The Balaban J connectivity index is 1.55. The number of nitrogens with one attached hydrogen (secondary N) is 1. The van der Waals surface area contributed by atoms with Crippen molar-refractivity contribution in [2.75, 3.05) is 39.0 Å². The maximum absolute atomic E-state index is 14.2. The van der Waals surface area contributed by atoms with E-state index in [2.05, 4.69) is 5.32 Å². The fraction of sp³-hybridized carbons (Fsp3) is 0.741. The number of alkyl halides is 3. The van der Waals surface area contributed by atoms with Crippen LogP contribution in [0, 0.1) is 29.4 Å². The first-order valence-corrected chi connectivity index (χ1v) is 15.7. The Hall–Kier alpha value is -1.79. The van der Waals surface area contributed by atoms with Crippen LogP contribution in [0.1, 0.15) is 62.8 Å². The minimum absolute atomic E-state index is 0.0453. The highest BCUT2D eigenvalue weighted by Gasteiger charge is 2.47. The van der Waals surface area contributed by atoms with Gasteiger partial charge in [-0.3, -0.25) is 4.79 Å². The minimum Gasteiger partial charge on any atom is -0.332 e. The number of benzene rings is 1. The third-order valence-electron chi connectivity index (χ3n) is 8.97. The van der Waals surface area contributed by atoms with Crippen LogP contribution in [0.4, 0.5) is 22.0 Å². The summed E-state index contributed by atoms with van der Waals surface area (Å²) in [6, 6.07) is 2.67. The Morgan fingerprint density at radius 2 is 1.59 bits per heavy atom. The maximum Gasteiger partial charge on any atom is 0.471 e. The van der Waals surface area contributed by atoms with E-state index in [0.29, 0.717) is 43.6 Å². The van der Waals surface area contributed by atoms with Crippen molar-refractivity contribution in [1.82, 2.24) is 14.5 Å². The number of nitrogens with zero attached hydrogens (tertiary/aromatic N) is 2. The van der Waals surface area contributed by atoms with Crippen molar-refractivity contribution in [1.29, 1.82) is 0 Å². The molecule has 0 aromatic heterocycles. The Kier molecular flexibility index (Phi) is 9.58. The van der Waals surface area contributed by atoms with Crippen molar-refractivity contribution in [3.05, 3.63) is 35.4 Å². The SMILES string of the molecule is CS(=O)(=O)N1CCC([C@@H](CC[C@@H]2CC(C3CCNCC3)CCN2C(=O)C(F)(F)F)c2cc(F)cc(F)c2)CC1. The van der Waals surface area contributed by atoms with E-state index in [-0.39, 0.29) is 43.8 Å². The van der Waals surface area contributed by atoms with Gasteiger partial charge in [0.05, 0.1) is 6.26 Å². The highest BCUT2D eigenvalue weighted by molar-refractivity contribution is 7.88. The van der Waals surface area contributed by atoms with E-state index in [1.54, 1.807) is 0 Å². The molecule has 3 atom stereocenters. The molecule has 4 rings (SSSR count). The number of amides is 1. The number of sulfonamides is 1. The molecule has 1 unspecified atom stereocenters. The number of hydrogen-bond donors (Lipinski definition) is 1. The number of carbonyl (C=O) groups is 1. The van der Waals surface area contributed by atoms with Gasteiger partial charge >= 0.3 is 12.1 Å². The molecule has 39 heavy (non-hydrogen) atoms. The van der Waals surface area contributed by atoms with Crippen LogP contribution in [-0.2, 0) is 14.8 Å². The van der Waals surface area contributed by atoms with Crippen LogP contribution in [-0.4, -0.2) is 74.7 Å². The molecule has 0 spiro atoms. The summed E-state index contributed by atoms with van der Waals surface area (Å²) in [5.74, 6) is -3.16. The average molecular weight is 580 g/mol. The zero-order valence-corrected chi connectivity index (χ0v) is 23.0. The fourth-order valence-corrected chi connectivity index (χ4v) is 7.85. The third kappa shape index (κ3) is 7.70. The number of carbonyl (C=O) groups excluding carboxylic acids is 1. The summed E-state index contributed by atoms with van der Waals surface area (Å²) in [5.41, 5.74) is 0.421. The minimum atomic E-state index is -4.97. The lowest BCUT2D eigenvalue weighted by atomic mass is 9.73. The Labute approximate surface area is 227 Å². The molecule has 3 fully saturated rings. The van der Waals surface area contributed by atoms with E-state index in [9.17, 15) is 35.2 Å². The van der Waals surface area contributed by atoms with E-state index in [1.807, 2.05) is 0 Å². The van der Waals surface area contributed by atoms with Crippen LogP contribution in [0.5, 0.6) is 0 Å². The first kappa shape index (κ1) is 30.2.